The molecule has 1 amide bonds. The summed E-state index contributed by atoms with van der Waals surface area (Å²) in [4.78, 5) is 23.3. The fourth-order valence-electron chi connectivity index (χ4n) is 3.97. The number of fused-ring (bicyclic) bond motifs is 1. The molecule has 0 radical (unpaired) electrons. The van der Waals surface area contributed by atoms with Crippen LogP contribution < -0.4 is 0 Å². The van der Waals surface area contributed by atoms with Crippen LogP contribution in [-0.2, 0) is 24.1 Å². The number of hydrogen-bond donors (Lipinski definition) is 0. The van der Waals surface area contributed by atoms with E-state index in [2.05, 4.69) is 41.3 Å². The highest BCUT2D eigenvalue weighted by Gasteiger charge is 2.21. The maximum Gasteiger partial charge on any atom is 0.223 e. The van der Waals surface area contributed by atoms with Gasteiger partial charge >= 0.3 is 0 Å². The molecule has 4 rings (SSSR count). The molecule has 1 saturated heterocycles. The summed E-state index contributed by atoms with van der Waals surface area (Å²) in [6, 6.07) is 10.4. The van der Waals surface area contributed by atoms with Gasteiger partial charge in [-0.15, -0.1) is 11.3 Å². The van der Waals surface area contributed by atoms with Gasteiger partial charge in [0.05, 0.1) is 10.7 Å². The predicted octanol–water partition coefficient (Wildman–Crippen LogP) is 3.81. The van der Waals surface area contributed by atoms with Crippen molar-refractivity contribution < 1.29 is 4.79 Å². The molecule has 0 atom stereocenters. The van der Waals surface area contributed by atoms with Crippen molar-refractivity contribution in [1.29, 1.82) is 0 Å². The van der Waals surface area contributed by atoms with Crippen LogP contribution in [0, 0.1) is 0 Å². The molecule has 148 valence electrons. The molecule has 4 nitrogen and oxygen atoms in total. The molecule has 1 aromatic heterocycles. The summed E-state index contributed by atoms with van der Waals surface area (Å²) >= 11 is 1.83. The molecule has 2 aliphatic rings. The normalized spacial score (nSPS) is 17.8. The standard InChI is InChI=1S/C23H29N3OS/c27-23(13-12-22-24-20-10-4-5-11-21(20)28-22)26-17-15-25(16-18-26)14-6-9-19-7-2-1-3-8-19/h1-3,6-9H,4-5,10-18H2/b9-6+. The van der Waals surface area contributed by atoms with Crippen LogP contribution in [0.3, 0.4) is 0 Å². The molecule has 5 heteroatoms. The summed E-state index contributed by atoms with van der Waals surface area (Å²) in [5.41, 5.74) is 2.54. The fourth-order valence-corrected chi connectivity index (χ4v) is 5.12. The Morgan fingerprint density at radius 3 is 2.64 bits per heavy atom. The summed E-state index contributed by atoms with van der Waals surface area (Å²) in [7, 11) is 0. The number of carbonyl (C=O) groups is 1. The highest BCUT2D eigenvalue weighted by atomic mass is 32.1. The van der Waals surface area contributed by atoms with Gasteiger partial charge in [-0.2, -0.15) is 0 Å². The van der Waals surface area contributed by atoms with Crippen LogP contribution in [0.15, 0.2) is 36.4 Å². The van der Waals surface area contributed by atoms with E-state index < -0.39 is 0 Å². The largest absolute Gasteiger partial charge is 0.340 e. The molecule has 1 aromatic carbocycles. The number of nitrogens with zero attached hydrogens (tertiary/aromatic N) is 3. The maximum absolute atomic E-state index is 12.6. The Morgan fingerprint density at radius 1 is 1.07 bits per heavy atom. The van der Waals surface area contributed by atoms with Crippen LogP contribution in [0.4, 0.5) is 0 Å². The SMILES string of the molecule is O=C(CCc1nc2c(s1)CCCC2)N1CCN(C/C=C/c2ccccc2)CC1. The van der Waals surface area contributed by atoms with Gasteiger partial charge in [-0.05, 0) is 31.2 Å². The van der Waals surface area contributed by atoms with Crippen LogP contribution in [0.1, 0.15) is 40.4 Å². The summed E-state index contributed by atoms with van der Waals surface area (Å²) < 4.78 is 0. The second-order valence-electron chi connectivity index (χ2n) is 7.68. The van der Waals surface area contributed by atoms with Gasteiger partial charge in [0.25, 0.3) is 0 Å². The van der Waals surface area contributed by atoms with Crippen molar-refractivity contribution in [3.63, 3.8) is 0 Å². The Labute approximate surface area is 171 Å². The Balaban J connectivity index is 1.18. The molecule has 0 saturated carbocycles. The number of amides is 1. The summed E-state index contributed by atoms with van der Waals surface area (Å²) in [6.07, 6.45) is 10.7. The smallest absolute Gasteiger partial charge is 0.223 e. The minimum Gasteiger partial charge on any atom is -0.340 e. The van der Waals surface area contributed by atoms with Gasteiger partial charge in [0.15, 0.2) is 0 Å². The van der Waals surface area contributed by atoms with Gasteiger partial charge in [-0.25, -0.2) is 4.98 Å². The first-order valence-corrected chi connectivity index (χ1v) is 11.3. The predicted molar refractivity (Wildman–Crippen MR) is 116 cm³/mol. The van der Waals surface area contributed by atoms with Gasteiger partial charge in [-0.3, -0.25) is 9.69 Å². The molecule has 2 heterocycles. The first-order chi connectivity index (χ1) is 13.8. The van der Waals surface area contributed by atoms with Gasteiger partial charge in [0.1, 0.15) is 0 Å². The van der Waals surface area contributed by atoms with E-state index in [1.54, 1.807) is 0 Å². The van der Waals surface area contributed by atoms with Crippen LogP contribution in [0.2, 0.25) is 0 Å². The third kappa shape index (κ3) is 5.09. The Hall–Kier alpha value is -1.98. The molecule has 0 spiro atoms. The fraction of sp³-hybridized carbons (Fsp3) is 0.478. The molecule has 0 unspecified atom stereocenters. The van der Waals surface area contributed by atoms with E-state index >= 15 is 0 Å². The lowest BCUT2D eigenvalue weighted by Crippen LogP contribution is -2.48. The van der Waals surface area contributed by atoms with Crippen molar-refractivity contribution in [1.82, 2.24) is 14.8 Å². The third-order valence-electron chi connectivity index (χ3n) is 5.64. The maximum atomic E-state index is 12.6. The van der Waals surface area contributed by atoms with E-state index in [-0.39, 0.29) is 5.91 Å². The zero-order chi connectivity index (χ0) is 19.2. The van der Waals surface area contributed by atoms with Crippen LogP contribution in [-0.4, -0.2) is 53.4 Å². The molecule has 1 aliphatic heterocycles. The molecular formula is C23H29N3OS. The monoisotopic (exact) mass is 395 g/mol. The topological polar surface area (TPSA) is 36.4 Å². The molecular weight excluding hydrogens is 366 g/mol. The van der Waals surface area contributed by atoms with Gasteiger partial charge in [0, 0.05) is 50.4 Å². The Kier molecular flexibility index (Phi) is 6.55. The molecule has 0 bridgehead atoms. The molecule has 2 aromatic rings. The van der Waals surface area contributed by atoms with Crippen LogP contribution in [0.25, 0.3) is 6.08 Å². The van der Waals surface area contributed by atoms with Gasteiger partial charge in [0.2, 0.25) is 5.91 Å². The number of carbonyl (C=O) groups excluding carboxylic acids is 1. The number of benzene rings is 1. The first-order valence-electron chi connectivity index (χ1n) is 10.5. The summed E-state index contributed by atoms with van der Waals surface area (Å²) in [5, 5.41) is 1.16. The van der Waals surface area contributed by atoms with Crippen molar-refractivity contribution >= 4 is 23.3 Å². The summed E-state index contributed by atoms with van der Waals surface area (Å²) in [5.74, 6) is 0.285. The van der Waals surface area contributed by atoms with E-state index in [1.807, 2.05) is 22.3 Å². The minimum absolute atomic E-state index is 0.285. The van der Waals surface area contributed by atoms with Crippen LogP contribution in [0.5, 0.6) is 0 Å². The molecule has 0 N–H and O–H groups in total. The average molecular weight is 396 g/mol. The number of aromatic nitrogens is 1. The number of piperazine rings is 1. The van der Waals surface area contributed by atoms with Crippen molar-refractivity contribution in [2.45, 2.75) is 38.5 Å². The van der Waals surface area contributed by atoms with E-state index in [1.165, 1.54) is 35.4 Å². The number of thiazole rings is 1. The van der Waals surface area contributed by atoms with Crippen molar-refractivity contribution in [2.24, 2.45) is 0 Å². The number of aryl methyl sites for hydroxylation is 3. The second-order valence-corrected chi connectivity index (χ2v) is 8.85. The lowest BCUT2D eigenvalue weighted by Gasteiger charge is -2.34. The number of hydrogen-bond acceptors (Lipinski definition) is 4. The van der Waals surface area contributed by atoms with Gasteiger partial charge in [-0.1, -0.05) is 42.5 Å². The lowest BCUT2D eigenvalue weighted by molar-refractivity contribution is -0.132. The molecule has 28 heavy (non-hydrogen) atoms. The number of rotatable bonds is 6. The quantitative estimate of drug-likeness (QED) is 0.746. The van der Waals surface area contributed by atoms with E-state index in [0.29, 0.717) is 6.42 Å². The molecule has 1 fully saturated rings. The third-order valence-corrected chi connectivity index (χ3v) is 6.86. The zero-order valence-corrected chi connectivity index (χ0v) is 17.3. The highest BCUT2D eigenvalue weighted by Crippen LogP contribution is 2.27. The van der Waals surface area contributed by atoms with Crippen molar-refractivity contribution in [3.8, 4) is 0 Å². The molecule has 1 aliphatic carbocycles. The zero-order valence-electron chi connectivity index (χ0n) is 16.5. The van der Waals surface area contributed by atoms with E-state index in [9.17, 15) is 4.79 Å². The van der Waals surface area contributed by atoms with Gasteiger partial charge < -0.3 is 4.90 Å². The van der Waals surface area contributed by atoms with Crippen LogP contribution >= 0.6 is 11.3 Å². The van der Waals surface area contributed by atoms with Crippen molar-refractivity contribution in [2.75, 3.05) is 32.7 Å². The van der Waals surface area contributed by atoms with E-state index in [4.69, 9.17) is 4.98 Å². The lowest BCUT2D eigenvalue weighted by atomic mass is 10.0. The second kappa shape index (κ2) is 9.48. The van der Waals surface area contributed by atoms with E-state index in [0.717, 1.165) is 50.6 Å². The summed E-state index contributed by atoms with van der Waals surface area (Å²) in [6.45, 7) is 4.53. The Bertz CT molecular complexity index is 783. The first kappa shape index (κ1) is 19.3. The average Bonchev–Trinajstić information content (AvgIpc) is 3.16. The minimum atomic E-state index is 0.285. The highest BCUT2D eigenvalue weighted by molar-refractivity contribution is 7.11. The van der Waals surface area contributed by atoms with Crippen molar-refractivity contribution in [3.05, 3.63) is 57.6 Å². The Morgan fingerprint density at radius 2 is 1.86 bits per heavy atom.